The minimum absolute atomic E-state index is 0.0194. The standard InChI is InChI=1S/C21H19FN6O3S/c1-11-15(12(2)28-20(25-11)23-10-24-28)7-8-16(29)26-21-27-17(19(30)31-3)18(32-21)13-5-4-6-14(22)9-13/h4-6,9-10H,7-8H2,1-3H3,(H,26,27,29). The van der Waals surface area contributed by atoms with Gasteiger partial charge < -0.3 is 10.1 Å². The number of ether oxygens (including phenoxy) is 1. The Kier molecular flexibility index (Phi) is 5.91. The fraction of sp³-hybridized carbons (Fsp3) is 0.238. The van der Waals surface area contributed by atoms with Crippen molar-refractivity contribution >= 4 is 34.1 Å². The fourth-order valence-corrected chi connectivity index (χ4v) is 4.34. The van der Waals surface area contributed by atoms with E-state index in [1.165, 1.54) is 31.6 Å². The molecule has 0 aliphatic rings. The summed E-state index contributed by atoms with van der Waals surface area (Å²) in [5, 5.41) is 7.10. The maximum atomic E-state index is 13.7. The largest absolute Gasteiger partial charge is 0.464 e. The van der Waals surface area contributed by atoms with Crippen LogP contribution in [-0.4, -0.2) is 43.6 Å². The van der Waals surface area contributed by atoms with Gasteiger partial charge in [-0.1, -0.05) is 23.5 Å². The number of rotatable bonds is 6. The third kappa shape index (κ3) is 4.19. The van der Waals surface area contributed by atoms with E-state index >= 15 is 0 Å². The summed E-state index contributed by atoms with van der Waals surface area (Å²) >= 11 is 1.08. The Morgan fingerprint density at radius 2 is 2.06 bits per heavy atom. The van der Waals surface area contributed by atoms with Crippen molar-refractivity contribution in [3.8, 4) is 10.4 Å². The lowest BCUT2D eigenvalue weighted by Gasteiger charge is -2.10. The number of carbonyl (C=O) groups excluding carboxylic acids is 2. The first-order valence-corrected chi connectivity index (χ1v) is 10.5. The average Bonchev–Trinajstić information content (AvgIpc) is 3.40. The van der Waals surface area contributed by atoms with Crippen LogP contribution in [0.15, 0.2) is 30.6 Å². The number of hydrogen-bond acceptors (Lipinski definition) is 8. The number of fused-ring (bicyclic) bond motifs is 1. The molecule has 0 atom stereocenters. The lowest BCUT2D eigenvalue weighted by atomic mass is 10.1. The SMILES string of the molecule is COC(=O)c1nc(NC(=O)CCc2c(C)nc3ncnn3c2C)sc1-c1cccc(F)c1. The van der Waals surface area contributed by atoms with Crippen molar-refractivity contribution in [2.45, 2.75) is 26.7 Å². The smallest absolute Gasteiger partial charge is 0.358 e. The number of benzene rings is 1. The van der Waals surface area contributed by atoms with E-state index in [2.05, 4.69) is 25.4 Å². The topological polar surface area (TPSA) is 111 Å². The van der Waals surface area contributed by atoms with Crippen LogP contribution in [-0.2, 0) is 16.0 Å². The number of thiazole rings is 1. The Morgan fingerprint density at radius 3 is 2.81 bits per heavy atom. The first-order chi connectivity index (χ1) is 15.4. The van der Waals surface area contributed by atoms with Crippen LogP contribution < -0.4 is 5.32 Å². The molecule has 0 aliphatic carbocycles. The molecule has 1 aromatic carbocycles. The molecule has 32 heavy (non-hydrogen) atoms. The summed E-state index contributed by atoms with van der Waals surface area (Å²) in [6.07, 6.45) is 2.05. The number of halogens is 1. The zero-order valence-electron chi connectivity index (χ0n) is 17.5. The minimum atomic E-state index is -0.667. The molecule has 0 bridgehead atoms. The van der Waals surface area contributed by atoms with E-state index in [-0.39, 0.29) is 23.2 Å². The van der Waals surface area contributed by atoms with Crippen LogP contribution in [0, 0.1) is 19.7 Å². The van der Waals surface area contributed by atoms with E-state index in [0.717, 1.165) is 28.3 Å². The van der Waals surface area contributed by atoms with Gasteiger partial charge in [-0.05, 0) is 43.5 Å². The summed E-state index contributed by atoms with van der Waals surface area (Å²) in [6.45, 7) is 3.77. The number of nitrogens with one attached hydrogen (secondary N) is 1. The molecule has 4 rings (SSSR count). The van der Waals surface area contributed by atoms with Crippen LogP contribution in [0.4, 0.5) is 9.52 Å². The van der Waals surface area contributed by atoms with Crippen LogP contribution in [0.5, 0.6) is 0 Å². The van der Waals surface area contributed by atoms with E-state index in [4.69, 9.17) is 4.74 Å². The van der Waals surface area contributed by atoms with E-state index < -0.39 is 11.8 Å². The molecule has 4 aromatic rings. The highest BCUT2D eigenvalue weighted by molar-refractivity contribution is 7.19. The lowest BCUT2D eigenvalue weighted by Crippen LogP contribution is -2.14. The Bertz CT molecular complexity index is 1330. The van der Waals surface area contributed by atoms with Gasteiger partial charge >= 0.3 is 5.97 Å². The normalized spacial score (nSPS) is 11.0. The summed E-state index contributed by atoms with van der Waals surface area (Å²) in [4.78, 5) is 37.9. The molecule has 0 aliphatic heterocycles. The first kappa shape index (κ1) is 21.5. The molecule has 0 radical (unpaired) electrons. The van der Waals surface area contributed by atoms with Gasteiger partial charge in [0.15, 0.2) is 10.8 Å². The van der Waals surface area contributed by atoms with Gasteiger partial charge in [0.05, 0.1) is 12.0 Å². The highest BCUT2D eigenvalue weighted by Gasteiger charge is 2.22. The second-order valence-electron chi connectivity index (χ2n) is 6.98. The summed E-state index contributed by atoms with van der Waals surface area (Å²) in [5.41, 5.74) is 3.06. The molecule has 11 heteroatoms. The zero-order chi connectivity index (χ0) is 22.8. The van der Waals surface area contributed by atoms with Crippen LogP contribution in [0.1, 0.15) is 33.9 Å². The first-order valence-electron chi connectivity index (χ1n) is 9.68. The number of esters is 1. The molecule has 3 aromatic heterocycles. The number of aromatic nitrogens is 5. The Hall–Kier alpha value is -3.73. The Balaban J connectivity index is 1.53. The maximum absolute atomic E-state index is 13.7. The summed E-state index contributed by atoms with van der Waals surface area (Å²) < 4.78 is 20.1. The van der Waals surface area contributed by atoms with E-state index in [9.17, 15) is 14.0 Å². The average molecular weight is 454 g/mol. The van der Waals surface area contributed by atoms with Gasteiger partial charge in [-0.15, -0.1) is 0 Å². The second-order valence-corrected chi connectivity index (χ2v) is 7.98. The van der Waals surface area contributed by atoms with Crippen LogP contribution >= 0.6 is 11.3 Å². The van der Waals surface area contributed by atoms with Crippen molar-refractivity contribution in [1.29, 1.82) is 0 Å². The molecule has 1 amide bonds. The van der Waals surface area contributed by atoms with Crippen molar-refractivity contribution in [1.82, 2.24) is 24.6 Å². The van der Waals surface area contributed by atoms with Gasteiger partial charge in [-0.2, -0.15) is 10.1 Å². The van der Waals surface area contributed by atoms with Crippen molar-refractivity contribution in [3.05, 3.63) is 59.1 Å². The van der Waals surface area contributed by atoms with Crippen molar-refractivity contribution in [2.24, 2.45) is 0 Å². The van der Waals surface area contributed by atoms with Crippen LogP contribution in [0.25, 0.3) is 16.2 Å². The number of anilines is 1. The molecular weight excluding hydrogens is 435 g/mol. The van der Waals surface area contributed by atoms with E-state index in [0.29, 0.717) is 22.6 Å². The van der Waals surface area contributed by atoms with Gasteiger partial charge in [-0.3, -0.25) is 4.79 Å². The van der Waals surface area contributed by atoms with Gasteiger partial charge in [0.1, 0.15) is 12.1 Å². The van der Waals surface area contributed by atoms with Crippen LogP contribution in [0.3, 0.4) is 0 Å². The number of carbonyl (C=O) groups is 2. The molecule has 0 fully saturated rings. The van der Waals surface area contributed by atoms with Gasteiger partial charge in [0, 0.05) is 17.8 Å². The minimum Gasteiger partial charge on any atom is -0.464 e. The summed E-state index contributed by atoms with van der Waals surface area (Å²) in [7, 11) is 1.24. The number of methoxy groups -OCH3 is 1. The lowest BCUT2D eigenvalue weighted by molar-refractivity contribution is -0.116. The third-order valence-corrected chi connectivity index (χ3v) is 5.95. The van der Waals surface area contributed by atoms with Crippen molar-refractivity contribution in [2.75, 3.05) is 12.4 Å². The molecule has 164 valence electrons. The predicted octanol–water partition coefficient (Wildman–Crippen LogP) is 3.36. The summed E-state index contributed by atoms with van der Waals surface area (Å²) in [6, 6.07) is 5.80. The van der Waals surface area contributed by atoms with E-state index in [1.54, 1.807) is 10.6 Å². The highest BCUT2D eigenvalue weighted by atomic mass is 32.1. The zero-order valence-corrected chi connectivity index (χ0v) is 18.4. The summed E-state index contributed by atoms with van der Waals surface area (Å²) in [5.74, 6) is -0.880. The molecule has 9 nitrogen and oxygen atoms in total. The maximum Gasteiger partial charge on any atom is 0.358 e. The second kappa shape index (κ2) is 8.79. The van der Waals surface area contributed by atoms with Gasteiger partial charge in [0.25, 0.3) is 5.78 Å². The Morgan fingerprint density at radius 1 is 1.25 bits per heavy atom. The van der Waals surface area contributed by atoms with Gasteiger partial charge in [0.2, 0.25) is 5.91 Å². The van der Waals surface area contributed by atoms with Gasteiger partial charge in [-0.25, -0.2) is 23.7 Å². The molecule has 0 unspecified atom stereocenters. The number of nitrogens with zero attached hydrogens (tertiary/aromatic N) is 5. The predicted molar refractivity (Wildman–Crippen MR) is 116 cm³/mol. The monoisotopic (exact) mass is 454 g/mol. The number of hydrogen-bond donors (Lipinski definition) is 1. The molecule has 3 heterocycles. The third-order valence-electron chi connectivity index (χ3n) is 4.93. The molecule has 0 spiro atoms. The number of aryl methyl sites for hydroxylation is 2. The fourth-order valence-electron chi connectivity index (χ4n) is 3.37. The van der Waals surface area contributed by atoms with Crippen molar-refractivity contribution in [3.63, 3.8) is 0 Å². The molecule has 0 saturated heterocycles. The quantitative estimate of drug-likeness (QED) is 0.445. The molecule has 0 saturated carbocycles. The number of amides is 1. The molecular formula is C21H19FN6O3S. The van der Waals surface area contributed by atoms with Crippen LogP contribution in [0.2, 0.25) is 0 Å². The highest BCUT2D eigenvalue weighted by Crippen LogP contribution is 2.34. The van der Waals surface area contributed by atoms with E-state index in [1.807, 2.05) is 13.8 Å². The Labute approximate surface area is 186 Å². The van der Waals surface area contributed by atoms with Crippen molar-refractivity contribution < 1.29 is 18.7 Å². The molecule has 1 N–H and O–H groups in total.